The van der Waals surface area contributed by atoms with E-state index in [0.717, 1.165) is 17.7 Å². The zero-order chi connectivity index (χ0) is 17.6. The van der Waals surface area contributed by atoms with Crippen LogP contribution in [0.25, 0.3) is 0 Å². The van der Waals surface area contributed by atoms with Crippen LogP contribution in [0.3, 0.4) is 0 Å². The van der Waals surface area contributed by atoms with E-state index in [1.165, 1.54) is 11.8 Å². The maximum atomic E-state index is 12.0. The van der Waals surface area contributed by atoms with Crippen LogP contribution in [-0.2, 0) is 15.3 Å². The molecule has 0 N–H and O–H groups in total. The molecule has 2 aromatic carbocycles. The van der Waals surface area contributed by atoms with Gasteiger partial charge in [0, 0.05) is 35.5 Å². The highest BCUT2D eigenvalue weighted by Crippen LogP contribution is 2.25. The van der Waals surface area contributed by atoms with Crippen molar-refractivity contribution >= 4 is 40.9 Å². The van der Waals surface area contributed by atoms with Crippen LogP contribution in [0, 0.1) is 0 Å². The Morgan fingerprint density at radius 1 is 1.20 bits per heavy atom. The van der Waals surface area contributed by atoms with Gasteiger partial charge in [0.1, 0.15) is 5.75 Å². The first kappa shape index (κ1) is 17.8. The summed E-state index contributed by atoms with van der Waals surface area (Å²) in [5, 5.41) is 0.699. The number of nitrogens with zero attached hydrogens (tertiary/aromatic N) is 1. The smallest absolute Gasteiger partial charge is 0.321 e. The van der Waals surface area contributed by atoms with Crippen LogP contribution in [0.15, 0.2) is 48.5 Å². The number of carbonyl (C=O) groups excluding carboxylic acids is 2. The second kappa shape index (κ2) is 8.41. The summed E-state index contributed by atoms with van der Waals surface area (Å²) in [6, 6.07) is 14.7. The summed E-state index contributed by atoms with van der Waals surface area (Å²) in [6.07, 6.45) is 1.44. The molecule has 0 radical (unpaired) electrons. The van der Waals surface area contributed by atoms with Crippen LogP contribution in [0.5, 0.6) is 5.75 Å². The molecule has 0 aromatic heterocycles. The molecule has 0 bridgehead atoms. The summed E-state index contributed by atoms with van der Waals surface area (Å²) in [6.45, 7) is 0.715. The fourth-order valence-corrected chi connectivity index (χ4v) is 3.51. The summed E-state index contributed by atoms with van der Waals surface area (Å²) in [5.41, 5.74) is 1.89. The molecule has 0 atom stereocenters. The Morgan fingerprint density at radius 2 is 2.00 bits per heavy atom. The fourth-order valence-electron chi connectivity index (χ4n) is 2.63. The van der Waals surface area contributed by atoms with Gasteiger partial charge < -0.3 is 9.64 Å². The molecule has 0 unspecified atom stereocenters. The van der Waals surface area contributed by atoms with Gasteiger partial charge in [-0.15, -0.1) is 11.8 Å². The number of hydrogen-bond donors (Lipinski definition) is 0. The van der Waals surface area contributed by atoms with E-state index in [9.17, 15) is 9.59 Å². The first-order valence-electron chi connectivity index (χ1n) is 8.05. The molecule has 1 saturated heterocycles. The van der Waals surface area contributed by atoms with Crippen LogP contribution < -0.4 is 9.64 Å². The number of benzene rings is 2. The first-order valence-corrected chi connectivity index (χ1v) is 9.58. The molecule has 0 saturated carbocycles. The summed E-state index contributed by atoms with van der Waals surface area (Å²) >= 11 is 7.34. The van der Waals surface area contributed by atoms with Gasteiger partial charge in [-0.3, -0.25) is 9.59 Å². The average molecular weight is 376 g/mol. The van der Waals surface area contributed by atoms with Gasteiger partial charge in [0.15, 0.2) is 0 Å². The number of esters is 1. The van der Waals surface area contributed by atoms with Gasteiger partial charge in [-0.2, -0.15) is 0 Å². The predicted molar refractivity (Wildman–Crippen MR) is 101 cm³/mol. The van der Waals surface area contributed by atoms with E-state index < -0.39 is 0 Å². The highest BCUT2D eigenvalue weighted by Gasteiger charge is 2.22. The molecule has 130 valence electrons. The molecular weight excluding hydrogens is 358 g/mol. The van der Waals surface area contributed by atoms with Crippen molar-refractivity contribution in [1.82, 2.24) is 0 Å². The molecule has 6 heteroatoms. The number of anilines is 1. The predicted octanol–water partition coefficient (Wildman–Crippen LogP) is 4.31. The molecule has 25 heavy (non-hydrogen) atoms. The second-order valence-corrected chi connectivity index (χ2v) is 7.16. The Hall–Kier alpha value is -1.98. The molecule has 1 aliphatic rings. The third-order valence-corrected chi connectivity index (χ3v) is 5.07. The molecule has 4 nitrogen and oxygen atoms in total. The van der Waals surface area contributed by atoms with Crippen LogP contribution in [0.2, 0.25) is 5.02 Å². The van der Waals surface area contributed by atoms with Crippen LogP contribution in [-0.4, -0.2) is 24.2 Å². The molecule has 3 rings (SSSR count). The van der Waals surface area contributed by atoms with Crippen molar-refractivity contribution in [3.8, 4) is 5.75 Å². The summed E-state index contributed by atoms with van der Waals surface area (Å²) in [4.78, 5) is 25.5. The van der Waals surface area contributed by atoms with Gasteiger partial charge in [-0.25, -0.2) is 0 Å². The number of hydrogen-bond acceptors (Lipinski definition) is 4. The Bertz CT molecular complexity index is 764. The number of thioether (sulfide) groups is 1. The normalized spacial score (nSPS) is 14.0. The van der Waals surface area contributed by atoms with Gasteiger partial charge in [-0.05, 0) is 36.2 Å². The summed E-state index contributed by atoms with van der Waals surface area (Å²) < 4.78 is 5.39. The van der Waals surface area contributed by atoms with E-state index in [0.29, 0.717) is 29.5 Å². The monoisotopic (exact) mass is 375 g/mol. The van der Waals surface area contributed by atoms with Crippen molar-refractivity contribution in [3.05, 3.63) is 59.1 Å². The van der Waals surface area contributed by atoms with Gasteiger partial charge in [0.2, 0.25) is 5.91 Å². The molecule has 1 heterocycles. The van der Waals surface area contributed by atoms with Crippen molar-refractivity contribution in [2.75, 3.05) is 17.2 Å². The van der Waals surface area contributed by atoms with Crippen LogP contribution in [0.4, 0.5) is 5.69 Å². The van der Waals surface area contributed by atoms with E-state index in [2.05, 4.69) is 0 Å². The molecule has 1 aliphatic heterocycles. The minimum absolute atomic E-state index is 0.113. The lowest BCUT2D eigenvalue weighted by atomic mass is 10.2. The average Bonchev–Trinajstić information content (AvgIpc) is 3.03. The lowest BCUT2D eigenvalue weighted by Crippen LogP contribution is -2.23. The number of halogens is 1. The Balaban J connectivity index is 1.50. The standard InChI is InChI=1S/C19H18ClNO3S/c20-15-8-6-14(7-9-15)12-25-13-19(23)24-17-4-1-3-16(11-17)21-10-2-5-18(21)22/h1,3-4,6-9,11H,2,5,10,12-13H2. The summed E-state index contributed by atoms with van der Waals surface area (Å²) in [5.74, 6) is 1.25. The number of amides is 1. The van der Waals surface area contributed by atoms with Crippen LogP contribution in [0.1, 0.15) is 18.4 Å². The van der Waals surface area contributed by atoms with Crippen molar-refractivity contribution in [2.45, 2.75) is 18.6 Å². The van der Waals surface area contributed by atoms with Gasteiger partial charge in [0.25, 0.3) is 0 Å². The zero-order valence-corrected chi connectivity index (χ0v) is 15.2. The number of ether oxygens (including phenoxy) is 1. The van der Waals surface area contributed by atoms with Crippen LogP contribution >= 0.6 is 23.4 Å². The third kappa shape index (κ3) is 5.00. The van der Waals surface area contributed by atoms with E-state index in [1.54, 1.807) is 23.1 Å². The lowest BCUT2D eigenvalue weighted by molar-refractivity contribution is -0.131. The Morgan fingerprint density at radius 3 is 2.72 bits per heavy atom. The van der Waals surface area contributed by atoms with Gasteiger partial charge >= 0.3 is 5.97 Å². The Kier molecular flexibility index (Phi) is 6.00. The maximum Gasteiger partial charge on any atom is 0.321 e. The molecule has 0 aliphatic carbocycles. The van der Waals surface area contributed by atoms with Crippen molar-refractivity contribution < 1.29 is 14.3 Å². The van der Waals surface area contributed by atoms with Gasteiger partial charge in [-0.1, -0.05) is 29.8 Å². The molecular formula is C19H18ClNO3S. The minimum Gasteiger partial charge on any atom is -0.426 e. The molecule has 1 amide bonds. The SMILES string of the molecule is O=C(CSCc1ccc(Cl)cc1)Oc1cccc(N2CCCC2=O)c1. The van der Waals surface area contributed by atoms with E-state index in [4.69, 9.17) is 16.3 Å². The zero-order valence-electron chi connectivity index (χ0n) is 13.6. The van der Waals surface area contributed by atoms with E-state index >= 15 is 0 Å². The number of rotatable bonds is 6. The lowest BCUT2D eigenvalue weighted by Gasteiger charge is -2.16. The highest BCUT2D eigenvalue weighted by atomic mass is 35.5. The topological polar surface area (TPSA) is 46.6 Å². The quantitative estimate of drug-likeness (QED) is 0.557. The Labute approximate surface area is 156 Å². The first-order chi connectivity index (χ1) is 12.1. The largest absolute Gasteiger partial charge is 0.426 e. The molecule has 0 spiro atoms. The van der Waals surface area contributed by atoms with Gasteiger partial charge in [0.05, 0.1) is 5.75 Å². The highest BCUT2D eigenvalue weighted by molar-refractivity contribution is 7.99. The van der Waals surface area contributed by atoms with Crippen molar-refractivity contribution in [2.24, 2.45) is 0 Å². The molecule has 1 fully saturated rings. The van der Waals surface area contributed by atoms with E-state index in [-0.39, 0.29) is 17.6 Å². The number of carbonyl (C=O) groups is 2. The van der Waals surface area contributed by atoms with E-state index in [1.807, 2.05) is 30.3 Å². The summed E-state index contributed by atoms with van der Waals surface area (Å²) in [7, 11) is 0. The third-order valence-electron chi connectivity index (χ3n) is 3.84. The molecule has 2 aromatic rings. The fraction of sp³-hybridized carbons (Fsp3) is 0.263. The maximum absolute atomic E-state index is 12.0. The van der Waals surface area contributed by atoms with Crippen molar-refractivity contribution in [1.29, 1.82) is 0 Å². The second-order valence-electron chi connectivity index (χ2n) is 5.74. The minimum atomic E-state index is -0.302. The van der Waals surface area contributed by atoms with Crippen molar-refractivity contribution in [3.63, 3.8) is 0 Å².